The summed E-state index contributed by atoms with van der Waals surface area (Å²) in [6.07, 6.45) is -1.74. The summed E-state index contributed by atoms with van der Waals surface area (Å²) in [5, 5.41) is 3.27. The lowest BCUT2D eigenvalue weighted by molar-refractivity contribution is -0.274. The Morgan fingerprint density at radius 2 is 1.75 bits per heavy atom. The van der Waals surface area contributed by atoms with Gasteiger partial charge < -0.3 is 10.1 Å². The number of rotatable bonds is 7. The minimum Gasteiger partial charge on any atom is -0.406 e. The van der Waals surface area contributed by atoms with Crippen molar-refractivity contribution in [3.05, 3.63) is 29.8 Å². The van der Waals surface area contributed by atoms with Crippen LogP contribution >= 0.6 is 0 Å². The average molecular weight is 289 g/mol. The molecule has 0 saturated heterocycles. The van der Waals surface area contributed by atoms with Crippen molar-refractivity contribution in [2.75, 3.05) is 7.05 Å². The molecule has 0 aliphatic heterocycles. The fourth-order valence-corrected chi connectivity index (χ4v) is 2.15. The molecule has 0 amide bonds. The highest BCUT2D eigenvalue weighted by atomic mass is 19.4. The molecule has 0 fully saturated rings. The van der Waals surface area contributed by atoms with E-state index < -0.39 is 6.36 Å². The van der Waals surface area contributed by atoms with Crippen molar-refractivity contribution in [1.82, 2.24) is 5.32 Å². The third kappa shape index (κ3) is 6.80. The van der Waals surface area contributed by atoms with E-state index in [2.05, 4.69) is 23.9 Å². The summed E-state index contributed by atoms with van der Waals surface area (Å²) >= 11 is 0. The highest BCUT2D eigenvalue weighted by Crippen LogP contribution is 2.23. The Kier molecular flexibility index (Phi) is 6.33. The molecule has 114 valence electrons. The zero-order chi connectivity index (χ0) is 15.2. The van der Waals surface area contributed by atoms with Gasteiger partial charge in [-0.2, -0.15) is 0 Å². The summed E-state index contributed by atoms with van der Waals surface area (Å²) in [7, 11) is 1.94. The van der Waals surface area contributed by atoms with E-state index in [1.807, 2.05) is 7.05 Å². The van der Waals surface area contributed by atoms with Crippen LogP contribution in [0.5, 0.6) is 5.75 Å². The van der Waals surface area contributed by atoms with Crippen LogP contribution in [-0.4, -0.2) is 19.5 Å². The summed E-state index contributed by atoms with van der Waals surface area (Å²) in [6, 6.07) is 6.52. The Morgan fingerprint density at radius 1 is 1.15 bits per heavy atom. The van der Waals surface area contributed by atoms with Crippen molar-refractivity contribution in [3.63, 3.8) is 0 Å². The molecule has 0 saturated carbocycles. The fraction of sp³-hybridized carbons (Fsp3) is 0.600. The number of hydrogen-bond donors (Lipinski definition) is 1. The summed E-state index contributed by atoms with van der Waals surface area (Å²) < 4.78 is 39.9. The van der Waals surface area contributed by atoms with E-state index in [4.69, 9.17) is 0 Å². The normalized spacial score (nSPS) is 13.6. The third-order valence-electron chi connectivity index (χ3n) is 3.10. The molecule has 0 aliphatic carbocycles. The van der Waals surface area contributed by atoms with Gasteiger partial charge in [-0.1, -0.05) is 26.0 Å². The van der Waals surface area contributed by atoms with E-state index in [1.54, 1.807) is 12.1 Å². The van der Waals surface area contributed by atoms with Gasteiger partial charge >= 0.3 is 6.36 Å². The van der Waals surface area contributed by atoms with Crippen LogP contribution < -0.4 is 10.1 Å². The van der Waals surface area contributed by atoms with Crippen molar-refractivity contribution in [3.8, 4) is 5.75 Å². The van der Waals surface area contributed by atoms with Gasteiger partial charge in [0.1, 0.15) is 5.75 Å². The maximum absolute atomic E-state index is 12.0. The molecule has 0 spiro atoms. The minimum atomic E-state index is -4.63. The Balaban J connectivity index is 2.49. The highest BCUT2D eigenvalue weighted by molar-refractivity contribution is 5.27. The van der Waals surface area contributed by atoms with E-state index in [9.17, 15) is 13.2 Å². The van der Waals surface area contributed by atoms with Crippen molar-refractivity contribution < 1.29 is 17.9 Å². The first-order chi connectivity index (χ1) is 9.30. The number of nitrogens with one attached hydrogen (secondary N) is 1. The monoisotopic (exact) mass is 289 g/mol. The van der Waals surface area contributed by atoms with Gasteiger partial charge in [-0.3, -0.25) is 0 Å². The Hall–Kier alpha value is -1.23. The van der Waals surface area contributed by atoms with Crippen molar-refractivity contribution in [2.45, 2.75) is 45.5 Å². The lowest BCUT2D eigenvalue weighted by Crippen LogP contribution is -2.27. The number of benzene rings is 1. The van der Waals surface area contributed by atoms with Crippen LogP contribution in [0.4, 0.5) is 13.2 Å². The lowest BCUT2D eigenvalue weighted by Gasteiger charge is -2.18. The van der Waals surface area contributed by atoms with Crippen LogP contribution in [-0.2, 0) is 6.42 Å². The molecule has 1 unspecified atom stereocenters. The van der Waals surface area contributed by atoms with Crippen molar-refractivity contribution in [1.29, 1.82) is 0 Å². The predicted octanol–water partition coefficient (Wildman–Crippen LogP) is 4.15. The molecule has 1 aromatic carbocycles. The fourth-order valence-electron chi connectivity index (χ4n) is 2.15. The Bertz CT molecular complexity index is 387. The van der Waals surface area contributed by atoms with Gasteiger partial charge in [-0.05, 0) is 49.9 Å². The summed E-state index contributed by atoms with van der Waals surface area (Å²) in [5.74, 6) is 0.448. The van der Waals surface area contributed by atoms with Crippen LogP contribution in [0.15, 0.2) is 24.3 Å². The van der Waals surface area contributed by atoms with Gasteiger partial charge in [0.2, 0.25) is 0 Å². The van der Waals surface area contributed by atoms with Crippen molar-refractivity contribution >= 4 is 0 Å². The van der Waals surface area contributed by atoms with E-state index in [0.29, 0.717) is 12.0 Å². The van der Waals surface area contributed by atoms with Gasteiger partial charge in [-0.15, -0.1) is 13.2 Å². The van der Waals surface area contributed by atoms with Crippen molar-refractivity contribution in [2.24, 2.45) is 5.92 Å². The molecule has 2 nitrogen and oxygen atoms in total. The first kappa shape index (κ1) is 16.8. The molecule has 5 heteroatoms. The SMILES string of the molecule is CNC(CCc1ccc(OC(F)(F)F)cc1)CC(C)C. The van der Waals surface area contributed by atoms with E-state index >= 15 is 0 Å². The van der Waals surface area contributed by atoms with Gasteiger partial charge in [-0.25, -0.2) is 0 Å². The third-order valence-corrected chi connectivity index (χ3v) is 3.10. The maximum Gasteiger partial charge on any atom is 0.573 e. The molecular weight excluding hydrogens is 267 g/mol. The van der Waals surface area contributed by atoms with Gasteiger partial charge in [0.25, 0.3) is 0 Å². The lowest BCUT2D eigenvalue weighted by atomic mass is 9.97. The number of halogens is 3. The van der Waals surface area contributed by atoms with Gasteiger partial charge in [0.05, 0.1) is 0 Å². The first-order valence-electron chi connectivity index (χ1n) is 6.82. The van der Waals surface area contributed by atoms with Crippen LogP contribution in [0, 0.1) is 5.92 Å². The zero-order valence-corrected chi connectivity index (χ0v) is 12.1. The molecule has 0 radical (unpaired) electrons. The molecule has 1 N–H and O–H groups in total. The predicted molar refractivity (Wildman–Crippen MR) is 73.7 cm³/mol. The Labute approximate surface area is 118 Å². The second-order valence-electron chi connectivity index (χ2n) is 5.35. The Morgan fingerprint density at radius 3 is 2.20 bits per heavy atom. The van der Waals surface area contributed by atoms with Gasteiger partial charge in [0.15, 0.2) is 0 Å². The number of hydrogen-bond acceptors (Lipinski definition) is 2. The zero-order valence-electron chi connectivity index (χ0n) is 12.1. The maximum atomic E-state index is 12.0. The quantitative estimate of drug-likeness (QED) is 0.814. The number of alkyl halides is 3. The van der Waals surface area contributed by atoms with E-state index in [0.717, 1.165) is 24.8 Å². The second kappa shape index (κ2) is 7.53. The molecule has 0 aromatic heterocycles. The molecule has 20 heavy (non-hydrogen) atoms. The topological polar surface area (TPSA) is 21.3 Å². The largest absolute Gasteiger partial charge is 0.573 e. The van der Waals surface area contributed by atoms with Gasteiger partial charge in [0, 0.05) is 6.04 Å². The van der Waals surface area contributed by atoms with E-state index in [1.165, 1.54) is 12.1 Å². The minimum absolute atomic E-state index is 0.173. The smallest absolute Gasteiger partial charge is 0.406 e. The van der Waals surface area contributed by atoms with Crippen LogP contribution in [0.25, 0.3) is 0 Å². The standard InChI is InChI=1S/C15H22F3NO/c1-11(2)10-13(19-3)7-4-12-5-8-14(9-6-12)20-15(16,17)18/h5-6,8-9,11,13,19H,4,7,10H2,1-3H3. The van der Waals surface area contributed by atoms with Crippen LogP contribution in [0.2, 0.25) is 0 Å². The molecule has 1 atom stereocenters. The molecule has 0 bridgehead atoms. The molecular formula is C15H22F3NO. The summed E-state index contributed by atoms with van der Waals surface area (Å²) in [5.41, 5.74) is 1.02. The number of aryl methyl sites for hydroxylation is 1. The molecule has 1 rings (SSSR count). The highest BCUT2D eigenvalue weighted by Gasteiger charge is 2.30. The summed E-state index contributed by atoms with van der Waals surface area (Å²) in [6.45, 7) is 4.35. The molecule has 1 aromatic rings. The van der Waals surface area contributed by atoms with Crippen LogP contribution in [0.1, 0.15) is 32.3 Å². The average Bonchev–Trinajstić information content (AvgIpc) is 2.34. The first-order valence-corrected chi connectivity index (χ1v) is 6.82. The second-order valence-corrected chi connectivity index (χ2v) is 5.35. The van der Waals surface area contributed by atoms with E-state index in [-0.39, 0.29) is 5.75 Å². The summed E-state index contributed by atoms with van der Waals surface area (Å²) in [4.78, 5) is 0. The van der Waals surface area contributed by atoms with Crippen LogP contribution in [0.3, 0.4) is 0 Å². The molecule has 0 aliphatic rings. The molecule has 0 heterocycles. The number of ether oxygens (including phenoxy) is 1.